The number of nitro groups is 1. The number of nitrogens with zero attached hydrogens (tertiary/aromatic N) is 3. The van der Waals surface area contributed by atoms with Gasteiger partial charge in [0.15, 0.2) is 6.61 Å². The van der Waals surface area contributed by atoms with E-state index in [1.807, 2.05) is 11.9 Å². The number of non-ortho nitro benzene ring substituents is 1. The molecule has 2 aromatic carbocycles. The van der Waals surface area contributed by atoms with Crippen LogP contribution in [0.15, 0.2) is 42.5 Å². The standard InChI is InChI=1S/C20H21F3N4O4/c1-25-8-10-26(11-9-25)15-4-7-18(17(12-15)20(21,22)23)24-19(28)13-31-16-5-2-14(3-6-16)27(29)30/h2-7,12H,8-11,13H2,1H3,(H,24,28). The van der Waals surface area contributed by atoms with E-state index in [1.165, 1.54) is 30.3 Å². The Labute approximate surface area is 176 Å². The molecule has 1 N–H and O–H groups in total. The molecule has 11 heteroatoms. The van der Waals surface area contributed by atoms with Crippen molar-refractivity contribution in [1.82, 2.24) is 4.90 Å². The zero-order chi connectivity index (χ0) is 22.6. The van der Waals surface area contributed by atoms with E-state index >= 15 is 0 Å². The largest absolute Gasteiger partial charge is 0.484 e. The average molecular weight is 438 g/mol. The fourth-order valence-corrected chi connectivity index (χ4v) is 3.14. The number of carbonyl (C=O) groups excluding carboxylic acids is 1. The van der Waals surface area contributed by atoms with E-state index in [0.29, 0.717) is 18.8 Å². The molecule has 0 bridgehead atoms. The molecule has 1 fully saturated rings. The second-order valence-electron chi connectivity index (χ2n) is 7.11. The van der Waals surface area contributed by atoms with Crippen molar-refractivity contribution in [3.8, 4) is 5.75 Å². The van der Waals surface area contributed by atoms with Crippen molar-refractivity contribution in [2.45, 2.75) is 6.18 Å². The maximum absolute atomic E-state index is 13.6. The average Bonchev–Trinajstić information content (AvgIpc) is 2.72. The minimum Gasteiger partial charge on any atom is -0.484 e. The van der Waals surface area contributed by atoms with Gasteiger partial charge in [0, 0.05) is 44.0 Å². The Morgan fingerprint density at radius 3 is 2.35 bits per heavy atom. The molecule has 166 valence electrons. The van der Waals surface area contributed by atoms with Crippen LogP contribution in [0.25, 0.3) is 0 Å². The third kappa shape index (κ3) is 5.85. The second kappa shape index (κ2) is 9.21. The molecule has 1 heterocycles. The van der Waals surface area contributed by atoms with Crippen LogP contribution in [0.4, 0.5) is 30.2 Å². The minimum atomic E-state index is -4.65. The predicted molar refractivity (Wildman–Crippen MR) is 108 cm³/mol. The Balaban J connectivity index is 1.68. The lowest BCUT2D eigenvalue weighted by atomic mass is 10.1. The van der Waals surface area contributed by atoms with E-state index in [2.05, 4.69) is 10.2 Å². The number of hydrogen-bond donors (Lipinski definition) is 1. The van der Waals surface area contributed by atoms with Crippen LogP contribution >= 0.6 is 0 Å². The van der Waals surface area contributed by atoms with Gasteiger partial charge >= 0.3 is 6.18 Å². The van der Waals surface area contributed by atoms with Crippen molar-refractivity contribution in [2.75, 3.05) is 50.1 Å². The number of alkyl halides is 3. The monoisotopic (exact) mass is 438 g/mol. The Kier molecular flexibility index (Phi) is 6.64. The summed E-state index contributed by atoms with van der Waals surface area (Å²) in [6.07, 6.45) is -4.65. The number of nitro benzene ring substituents is 1. The van der Waals surface area contributed by atoms with Gasteiger partial charge in [0.1, 0.15) is 5.75 Å². The Hall–Kier alpha value is -3.34. The molecule has 2 aromatic rings. The minimum absolute atomic E-state index is 0.146. The zero-order valence-corrected chi connectivity index (χ0v) is 16.7. The molecule has 8 nitrogen and oxygen atoms in total. The topological polar surface area (TPSA) is 88.0 Å². The first-order valence-corrected chi connectivity index (χ1v) is 9.45. The maximum atomic E-state index is 13.6. The molecule has 1 aliphatic rings. The normalized spacial score (nSPS) is 14.9. The van der Waals surface area contributed by atoms with Gasteiger partial charge in [-0.05, 0) is 37.4 Å². The number of piperazine rings is 1. The van der Waals surface area contributed by atoms with Crippen molar-refractivity contribution in [2.24, 2.45) is 0 Å². The third-order valence-corrected chi connectivity index (χ3v) is 4.87. The van der Waals surface area contributed by atoms with Crippen molar-refractivity contribution in [3.63, 3.8) is 0 Å². The van der Waals surface area contributed by atoms with Crippen LogP contribution in [0.3, 0.4) is 0 Å². The highest BCUT2D eigenvalue weighted by Gasteiger charge is 2.35. The lowest BCUT2D eigenvalue weighted by Crippen LogP contribution is -2.44. The summed E-state index contributed by atoms with van der Waals surface area (Å²) < 4.78 is 46.0. The summed E-state index contributed by atoms with van der Waals surface area (Å²) in [4.78, 5) is 26.2. The number of benzene rings is 2. The van der Waals surface area contributed by atoms with Gasteiger partial charge in [0.2, 0.25) is 0 Å². The molecule has 0 radical (unpaired) electrons. The molecule has 3 rings (SSSR count). The lowest BCUT2D eigenvalue weighted by molar-refractivity contribution is -0.384. The van der Waals surface area contributed by atoms with Crippen LogP contribution in [0, 0.1) is 10.1 Å². The molecule has 0 spiro atoms. The number of likely N-dealkylation sites (N-methyl/N-ethyl adjacent to an activating group) is 1. The van der Waals surface area contributed by atoms with E-state index in [0.717, 1.165) is 19.2 Å². The van der Waals surface area contributed by atoms with Crippen LogP contribution in [-0.2, 0) is 11.0 Å². The summed E-state index contributed by atoms with van der Waals surface area (Å²) in [5.41, 5.74) is -0.997. The summed E-state index contributed by atoms with van der Waals surface area (Å²) in [6, 6.07) is 8.83. The van der Waals surface area contributed by atoms with Crippen LogP contribution in [-0.4, -0.2) is 55.6 Å². The quantitative estimate of drug-likeness (QED) is 0.550. The van der Waals surface area contributed by atoms with E-state index < -0.39 is 29.2 Å². The molecule has 0 aromatic heterocycles. The van der Waals surface area contributed by atoms with Crippen molar-refractivity contribution in [3.05, 3.63) is 58.1 Å². The van der Waals surface area contributed by atoms with Crippen LogP contribution < -0.4 is 15.0 Å². The summed E-state index contributed by atoms with van der Waals surface area (Å²) in [5, 5.41) is 12.9. The molecular formula is C20H21F3N4O4. The van der Waals surface area contributed by atoms with Crippen LogP contribution in [0.1, 0.15) is 5.56 Å². The predicted octanol–water partition coefficient (Wildman–Crippen LogP) is 3.38. The summed E-state index contributed by atoms with van der Waals surface area (Å²) >= 11 is 0. The second-order valence-corrected chi connectivity index (χ2v) is 7.11. The highest BCUT2D eigenvalue weighted by molar-refractivity contribution is 5.93. The first-order chi connectivity index (χ1) is 14.6. The highest BCUT2D eigenvalue weighted by atomic mass is 19.4. The van der Waals surface area contributed by atoms with Gasteiger partial charge in [0.25, 0.3) is 11.6 Å². The number of hydrogen-bond acceptors (Lipinski definition) is 6. The Bertz CT molecular complexity index is 942. The van der Waals surface area contributed by atoms with Gasteiger partial charge in [-0.3, -0.25) is 14.9 Å². The van der Waals surface area contributed by atoms with Gasteiger partial charge in [-0.1, -0.05) is 0 Å². The maximum Gasteiger partial charge on any atom is 0.418 e. The molecule has 0 saturated carbocycles. The third-order valence-electron chi connectivity index (χ3n) is 4.87. The molecular weight excluding hydrogens is 417 g/mol. The summed E-state index contributed by atoms with van der Waals surface area (Å²) in [5.74, 6) is -0.599. The number of nitrogens with one attached hydrogen (secondary N) is 1. The fraction of sp³-hybridized carbons (Fsp3) is 0.350. The number of ether oxygens (including phenoxy) is 1. The van der Waals surface area contributed by atoms with Gasteiger partial charge < -0.3 is 19.9 Å². The number of rotatable bonds is 6. The first kappa shape index (κ1) is 22.3. The smallest absolute Gasteiger partial charge is 0.418 e. The van der Waals surface area contributed by atoms with Gasteiger partial charge in [-0.25, -0.2) is 0 Å². The van der Waals surface area contributed by atoms with E-state index in [1.54, 1.807) is 6.07 Å². The lowest BCUT2D eigenvalue weighted by Gasteiger charge is -2.34. The molecule has 0 atom stereocenters. The van der Waals surface area contributed by atoms with Gasteiger partial charge in [-0.2, -0.15) is 13.2 Å². The number of anilines is 2. The molecule has 1 aliphatic heterocycles. The molecule has 31 heavy (non-hydrogen) atoms. The Morgan fingerprint density at radius 1 is 1.13 bits per heavy atom. The van der Waals surface area contributed by atoms with Gasteiger partial charge in [0.05, 0.1) is 16.2 Å². The number of amides is 1. The molecule has 1 saturated heterocycles. The summed E-state index contributed by atoms with van der Waals surface area (Å²) in [6.45, 7) is 2.18. The van der Waals surface area contributed by atoms with E-state index in [9.17, 15) is 28.1 Å². The van der Waals surface area contributed by atoms with Crippen molar-refractivity contribution in [1.29, 1.82) is 0 Å². The van der Waals surface area contributed by atoms with Crippen LogP contribution in [0.5, 0.6) is 5.75 Å². The van der Waals surface area contributed by atoms with Crippen LogP contribution in [0.2, 0.25) is 0 Å². The molecule has 1 amide bonds. The number of halogens is 3. The summed E-state index contributed by atoms with van der Waals surface area (Å²) in [7, 11) is 1.95. The highest BCUT2D eigenvalue weighted by Crippen LogP contribution is 2.37. The molecule has 0 unspecified atom stereocenters. The fourth-order valence-electron chi connectivity index (χ4n) is 3.14. The number of carbonyl (C=O) groups is 1. The van der Waals surface area contributed by atoms with Crippen molar-refractivity contribution < 1.29 is 27.6 Å². The Morgan fingerprint density at radius 2 is 1.77 bits per heavy atom. The molecule has 0 aliphatic carbocycles. The SMILES string of the molecule is CN1CCN(c2ccc(NC(=O)COc3ccc([N+](=O)[O-])cc3)c(C(F)(F)F)c2)CC1. The zero-order valence-electron chi connectivity index (χ0n) is 16.7. The van der Waals surface area contributed by atoms with Gasteiger partial charge in [-0.15, -0.1) is 0 Å². The van der Waals surface area contributed by atoms with E-state index in [4.69, 9.17) is 4.74 Å². The van der Waals surface area contributed by atoms with Crippen molar-refractivity contribution >= 4 is 23.0 Å². The van der Waals surface area contributed by atoms with E-state index in [-0.39, 0.29) is 17.1 Å². The first-order valence-electron chi connectivity index (χ1n) is 9.45.